The van der Waals surface area contributed by atoms with E-state index in [4.69, 9.17) is 9.84 Å². The zero-order chi connectivity index (χ0) is 25.8. The van der Waals surface area contributed by atoms with E-state index in [1.165, 1.54) is 6.07 Å². The molecule has 0 amide bonds. The number of nitrogens with one attached hydrogen (secondary N) is 1. The summed E-state index contributed by atoms with van der Waals surface area (Å²) in [6.07, 6.45) is 3.00. The van der Waals surface area contributed by atoms with E-state index in [1.807, 2.05) is 42.5 Å². The summed E-state index contributed by atoms with van der Waals surface area (Å²) in [6, 6.07) is 19.2. The van der Waals surface area contributed by atoms with Crippen molar-refractivity contribution in [2.24, 2.45) is 5.92 Å². The monoisotopic (exact) mass is 542 g/mol. The SMILES string of the molecule is Cl.O=C(O)c1ccc(CN2CCC(CN[C@@H]3C[C@H]3c3cc(F)cc(F)c3OCc3ccccc3)CC2)cc1. The molecule has 1 aliphatic heterocycles. The molecule has 0 spiro atoms. The van der Waals surface area contributed by atoms with Crippen molar-refractivity contribution >= 4 is 18.4 Å². The van der Waals surface area contributed by atoms with Gasteiger partial charge in [-0.05, 0) is 74.1 Å². The van der Waals surface area contributed by atoms with E-state index in [9.17, 15) is 13.6 Å². The van der Waals surface area contributed by atoms with Crippen molar-refractivity contribution in [1.29, 1.82) is 0 Å². The van der Waals surface area contributed by atoms with Crippen LogP contribution in [0.1, 0.15) is 52.2 Å². The van der Waals surface area contributed by atoms with E-state index in [0.717, 1.165) is 62.6 Å². The van der Waals surface area contributed by atoms with Crippen molar-refractivity contribution in [3.05, 3.63) is 101 Å². The third-order valence-electron chi connectivity index (χ3n) is 7.44. The Morgan fingerprint density at radius 2 is 1.71 bits per heavy atom. The third kappa shape index (κ3) is 7.10. The molecule has 38 heavy (non-hydrogen) atoms. The molecule has 3 aromatic carbocycles. The lowest BCUT2D eigenvalue weighted by Crippen LogP contribution is -2.37. The quantitative estimate of drug-likeness (QED) is 0.328. The zero-order valence-electron chi connectivity index (χ0n) is 21.1. The van der Waals surface area contributed by atoms with Gasteiger partial charge in [-0.2, -0.15) is 0 Å². The van der Waals surface area contributed by atoms with Gasteiger partial charge in [0, 0.05) is 30.1 Å². The molecule has 2 atom stereocenters. The number of ether oxygens (including phenoxy) is 1. The Bertz CT molecular complexity index is 1220. The second-order valence-electron chi connectivity index (χ2n) is 10.2. The minimum atomic E-state index is -0.906. The van der Waals surface area contributed by atoms with Crippen molar-refractivity contribution in [2.75, 3.05) is 19.6 Å². The molecule has 5 rings (SSSR count). The number of carboxylic acids is 1. The van der Waals surface area contributed by atoms with Gasteiger partial charge in [-0.1, -0.05) is 42.5 Å². The van der Waals surface area contributed by atoms with Gasteiger partial charge >= 0.3 is 5.97 Å². The summed E-state index contributed by atoms with van der Waals surface area (Å²) in [5.74, 6) is -1.37. The van der Waals surface area contributed by atoms with Crippen molar-refractivity contribution in [2.45, 2.75) is 44.4 Å². The Hall–Kier alpha value is -3.00. The van der Waals surface area contributed by atoms with Crippen molar-refractivity contribution in [3.63, 3.8) is 0 Å². The van der Waals surface area contributed by atoms with E-state index in [2.05, 4.69) is 10.2 Å². The Kier molecular flexibility index (Phi) is 9.36. The van der Waals surface area contributed by atoms with Crippen molar-refractivity contribution < 1.29 is 23.4 Å². The van der Waals surface area contributed by atoms with Crippen LogP contribution in [0.3, 0.4) is 0 Å². The maximum Gasteiger partial charge on any atom is 0.335 e. The summed E-state index contributed by atoms with van der Waals surface area (Å²) in [4.78, 5) is 13.4. The first kappa shape index (κ1) is 28.0. The third-order valence-corrected chi connectivity index (χ3v) is 7.44. The van der Waals surface area contributed by atoms with Gasteiger partial charge in [-0.25, -0.2) is 13.6 Å². The van der Waals surface area contributed by atoms with Crippen LogP contribution in [0.4, 0.5) is 8.78 Å². The van der Waals surface area contributed by atoms with Gasteiger partial charge in [-0.3, -0.25) is 4.90 Å². The van der Waals surface area contributed by atoms with Crippen LogP contribution in [0.2, 0.25) is 0 Å². The van der Waals surface area contributed by atoms with Gasteiger partial charge in [0.2, 0.25) is 0 Å². The number of hydrogen-bond acceptors (Lipinski definition) is 4. The highest BCUT2D eigenvalue weighted by atomic mass is 35.5. The number of benzene rings is 3. The average Bonchev–Trinajstić information content (AvgIpc) is 3.68. The minimum absolute atomic E-state index is 0. The second-order valence-corrected chi connectivity index (χ2v) is 10.2. The molecular weight excluding hydrogens is 510 g/mol. The van der Waals surface area contributed by atoms with Gasteiger partial charge in [0.1, 0.15) is 12.4 Å². The van der Waals surface area contributed by atoms with Gasteiger partial charge < -0.3 is 15.2 Å². The summed E-state index contributed by atoms with van der Waals surface area (Å²) in [6.45, 7) is 3.94. The predicted molar refractivity (Wildman–Crippen MR) is 145 cm³/mol. The van der Waals surface area contributed by atoms with E-state index >= 15 is 0 Å². The lowest BCUT2D eigenvalue weighted by Gasteiger charge is -2.32. The molecule has 202 valence electrons. The average molecular weight is 543 g/mol. The molecule has 0 unspecified atom stereocenters. The maximum atomic E-state index is 14.6. The highest BCUT2D eigenvalue weighted by molar-refractivity contribution is 5.87. The maximum absolute atomic E-state index is 14.6. The largest absolute Gasteiger partial charge is 0.486 e. The van der Waals surface area contributed by atoms with E-state index in [-0.39, 0.29) is 36.7 Å². The van der Waals surface area contributed by atoms with Crippen LogP contribution >= 0.6 is 12.4 Å². The van der Waals surface area contributed by atoms with E-state index in [1.54, 1.807) is 12.1 Å². The highest BCUT2D eigenvalue weighted by Crippen LogP contribution is 2.46. The van der Waals surface area contributed by atoms with Crippen LogP contribution < -0.4 is 10.1 Å². The van der Waals surface area contributed by atoms with Gasteiger partial charge in [0.05, 0.1) is 5.56 Å². The van der Waals surface area contributed by atoms with Gasteiger partial charge in [0.25, 0.3) is 0 Å². The molecule has 2 N–H and O–H groups in total. The Morgan fingerprint density at radius 3 is 2.39 bits per heavy atom. The van der Waals surface area contributed by atoms with Crippen LogP contribution in [-0.4, -0.2) is 41.7 Å². The molecule has 3 aromatic rings. The van der Waals surface area contributed by atoms with Crippen LogP contribution in [0.5, 0.6) is 5.75 Å². The molecule has 1 saturated heterocycles. The lowest BCUT2D eigenvalue weighted by molar-refractivity contribution is 0.0697. The molecule has 0 bridgehead atoms. The topological polar surface area (TPSA) is 61.8 Å². The number of halogens is 3. The number of piperidine rings is 1. The smallest absolute Gasteiger partial charge is 0.335 e. The predicted octanol–water partition coefficient (Wildman–Crippen LogP) is 6.02. The molecule has 1 saturated carbocycles. The van der Waals surface area contributed by atoms with Gasteiger partial charge in [0.15, 0.2) is 11.6 Å². The molecule has 2 aliphatic rings. The number of hydrogen-bond donors (Lipinski definition) is 2. The fraction of sp³-hybridized carbons (Fsp3) is 0.367. The molecule has 0 aromatic heterocycles. The molecule has 1 aliphatic carbocycles. The summed E-state index contributed by atoms with van der Waals surface area (Å²) in [7, 11) is 0. The standard InChI is InChI=1S/C30H32F2N2O3.ClH/c31-24-14-26(29(27(32)15-24)37-19-22-4-2-1-3-5-22)25-16-28(25)33-17-20-10-12-34(13-11-20)18-21-6-8-23(9-7-21)30(35)36;/h1-9,14-15,20,25,28,33H,10-13,16-19H2,(H,35,36);1H/t25-,28+;/m0./s1. The van der Waals surface area contributed by atoms with Crippen LogP contribution in [0.15, 0.2) is 66.7 Å². The van der Waals surface area contributed by atoms with Crippen molar-refractivity contribution in [3.8, 4) is 5.75 Å². The molecular formula is C30H33ClF2N2O3. The molecule has 5 nitrogen and oxygen atoms in total. The summed E-state index contributed by atoms with van der Waals surface area (Å²) in [5.41, 5.74) is 2.97. The van der Waals surface area contributed by atoms with E-state index in [0.29, 0.717) is 17.0 Å². The number of likely N-dealkylation sites (tertiary alicyclic amines) is 1. The summed E-state index contributed by atoms with van der Waals surface area (Å²) >= 11 is 0. The Labute approximate surface area is 228 Å². The highest BCUT2D eigenvalue weighted by Gasteiger charge is 2.41. The molecule has 8 heteroatoms. The van der Waals surface area contributed by atoms with E-state index < -0.39 is 17.6 Å². The van der Waals surface area contributed by atoms with Crippen LogP contribution in [0, 0.1) is 17.6 Å². The number of nitrogens with zero attached hydrogens (tertiary/aromatic N) is 1. The van der Waals surface area contributed by atoms with Crippen molar-refractivity contribution in [1.82, 2.24) is 10.2 Å². The van der Waals surface area contributed by atoms with Gasteiger partial charge in [-0.15, -0.1) is 12.4 Å². The first-order valence-electron chi connectivity index (χ1n) is 12.9. The normalized spacial score (nSPS) is 19.5. The minimum Gasteiger partial charge on any atom is -0.486 e. The number of carboxylic acid groups (broad SMARTS) is 1. The lowest BCUT2D eigenvalue weighted by atomic mass is 9.96. The molecule has 1 heterocycles. The van der Waals surface area contributed by atoms with Crippen LogP contribution in [-0.2, 0) is 13.2 Å². The Balaban J connectivity index is 0.00000336. The first-order valence-corrected chi connectivity index (χ1v) is 12.9. The molecule has 0 radical (unpaired) electrons. The molecule has 2 fully saturated rings. The van der Waals surface area contributed by atoms with Crippen LogP contribution in [0.25, 0.3) is 0 Å². The number of rotatable bonds is 10. The number of carbonyl (C=O) groups is 1. The first-order chi connectivity index (χ1) is 18.0. The summed E-state index contributed by atoms with van der Waals surface area (Å²) < 4.78 is 34.5. The fourth-order valence-corrected chi connectivity index (χ4v) is 5.18. The number of aromatic carboxylic acids is 1. The fourth-order valence-electron chi connectivity index (χ4n) is 5.18. The summed E-state index contributed by atoms with van der Waals surface area (Å²) in [5, 5.41) is 12.7. The zero-order valence-corrected chi connectivity index (χ0v) is 21.9. The Morgan fingerprint density at radius 1 is 1.00 bits per heavy atom. The second kappa shape index (κ2) is 12.7.